The van der Waals surface area contributed by atoms with E-state index in [2.05, 4.69) is 0 Å². The molecule has 0 amide bonds. The summed E-state index contributed by atoms with van der Waals surface area (Å²) in [5, 5.41) is 0. The van der Waals surface area contributed by atoms with Crippen molar-refractivity contribution in [2.45, 2.75) is 0 Å². The van der Waals surface area contributed by atoms with Crippen molar-refractivity contribution in [3.8, 4) is 0 Å². The minimum Gasteiger partial charge on any atom is 0 e. The molecule has 9 heavy (non-hydrogen) atoms. The van der Waals surface area contributed by atoms with Crippen LogP contribution in [0.5, 0.6) is 0 Å². The van der Waals surface area contributed by atoms with E-state index in [0.29, 0.717) is 0 Å². The third kappa shape index (κ3) is 45.0. The van der Waals surface area contributed by atoms with Crippen LogP contribution in [0.4, 0.5) is 0 Å². The van der Waals surface area contributed by atoms with Crippen molar-refractivity contribution >= 4 is 0 Å². The van der Waals surface area contributed by atoms with Gasteiger partial charge in [-0.3, -0.25) is 0 Å². The van der Waals surface area contributed by atoms with Gasteiger partial charge in [0, 0.05) is 359 Å². The smallest absolute Gasteiger partial charge is 0 e. The Morgan fingerprint density at radius 2 is 1.00 bits per heavy atom. The molecule has 5 radical (unpaired) electrons. The van der Waals surface area contributed by atoms with Gasteiger partial charge in [-0.1, -0.05) is 0 Å². The molecule has 9 heteroatoms. The topological polar surface area (TPSA) is 0 Å². The zero-order valence-electron chi connectivity index (χ0n) is 3.10. The fourth-order valence-corrected chi connectivity index (χ4v) is 0. The standard InChI is InChI=1S/Dy.Er.Eu.Gd.Ho.Pm.Sm.Tb.Tm. The van der Waals surface area contributed by atoms with Gasteiger partial charge in [-0.05, 0) is 0 Å². The first-order chi connectivity index (χ1) is 0. The van der Waals surface area contributed by atoms with Crippen molar-refractivity contribution in [3.63, 3.8) is 0 Å². The Kier molecular flexibility index (Phi) is 326. The van der Waals surface area contributed by atoms with Gasteiger partial charge in [-0.25, -0.2) is 0 Å². The molecule has 0 nitrogen and oxygen atoms in total. The summed E-state index contributed by atoms with van der Waals surface area (Å²) in [5.41, 5.74) is 0. The zero-order chi connectivity index (χ0) is 0. The molecule has 0 aromatic carbocycles. The monoisotopic (exact) mass is 1430 g/mol. The fraction of sp³-hybridized carbons (Fsp3) is 0. The maximum Gasteiger partial charge on any atom is 0 e. The summed E-state index contributed by atoms with van der Waals surface area (Å²) < 4.78 is 0. The fourth-order valence-electron chi connectivity index (χ4n) is 0. The Hall–Kier alpha value is 11.9. The molecule has 0 saturated heterocycles. The van der Waals surface area contributed by atoms with Crippen molar-refractivity contribution in [2.24, 2.45) is 0 Å². The van der Waals surface area contributed by atoms with E-state index in [0.717, 1.165) is 0 Å². The van der Waals surface area contributed by atoms with Crippen LogP contribution in [0.3, 0.4) is 0 Å². The molecule has 0 fully saturated rings. The third-order valence-corrected chi connectivity index (χ3v) is 0. The molecule has 0 aliphatic rings. The number of rotatable bonds is 0. The molecule has 0 spiro atoms. The summed E-state index contributed by atoms with van der Waals surface area (Å²) in [4.78, 5) is 0. The minimum absolute atomic E-state index is 0. The maximum atomic E-state index is 0. The van der Waals surface area contributed by atoms with Gasteiger partial charge in [-0.15, -0.1) is 0 Å². The largest absolute Gasteiger partial charge is 0 e. The van der Waals surface area contributed by atoms with E-state index in [9.17, 15) is 0 Å². The van der Waals surface area contributed by atoms with Gasteiger partial charge in [0.2, 0.25) is 0 Å². The van der Waals surface area contributed by atoms with Gasteiger partial charge in [0.25, 0.3) is 0 Å². The zero-order valence-corrected chi connectivity index (χ0v) is 23.0. The summed E-state index contributed by atoms with van der Waals surface area (Å²) in [6.07, 6.45) is 0. The van der Waals surface area contributed by atoms with Gasteiger partial charge in [0.05, 0.1) is 0 Å². The predicted octanol–water partition coefficient (Wildman–Crippen LogP) is 0. The van der Waals surface area contributed by atoms with Crippen LogP contribution in [0.25, 0.3) is 0 Å². The quantitative estimate of drug-likeness (QED) is 0.301. The van der Waals surface area contributed by atoms with E-state index in [1.54, 1.807) is 0 Å². The molecule has 0 saturated carbocycles. The molecule has 0 aromatic rings. The molecule has 81 valence electrons. The molecule has 0 aromatic heterocycles. The molecule has 0 unspecified atom stereocenters. The molecule has 0 bridgehead atoms. The van der Waals surface area contributed by atoms with E-state index in [4.69, 9.17) is 0 Å². The van der Waals surface area contributed by atoms with Crippen LogP contribution in [-0.2, 0) is 0 Å². The number of hydrogen-bond donors (Lipinski definition) is 0. The SMILES string of the molecule is [Dy].[Er].[Eu].[Gd].[Ho].[Pm].[Sm].[Tb].[Tm]. The van der Waals surface area contributed by atoms with Crippen LogP contribution < -0.4 is 0 Å². The van der Waals surface area contributed by atoms with Crippen molar-refractivity contribution in [2.75, 3.05) is 0 Å². The Labute approximate surface area is 344 Å². The van der Waals surface area contributed by atoms with Crippen LogP contribution in [0, 0.1) is 359 Å². The van der Waals surface area contributed by atoms with Gasteiger partial charge in [0.1, 0.15) is 0 Å². The molecule has 0 atom stereocenters. The maximum absolute atomic E-state index is 0. The molecule has 0 aliphatic carbocycles. The third-order valence-electron chi connectivity index (χ3n) is 0. The Balaban J connectivity index is 0. The van der Waals surface area contributed by atoms with Crippen LogP contribution in [0.2, 0.25) is 0 Å². The van der Waals surface area contributed by atoms with Gasteiger partial charge in [-0.2, -0.15) is 0 Å². The summed E-state index contributed by atoms with van der Waals surface area (Å²) >= 11 is 0. The van der Waals surface area contributed by atoms with E-state index < -0.39 is 0 Å². The Bertz CT molecular complexity index is 28.5. The van der Waals surface area contributed by atoms with Gasteiger partial charge >= 0.3 is 0 Å². The second-order valence-corrected chi connectivity index (χ2v) is 0. The van der Waals surface area contributed by atoms with Crippen molar-refractivity contribution in [1.29, 1.82) is 0 Å². The first-order valence-corrected chi connectivity index (χ1v) is 0. The Morgan fingerprint density at radius 1 is 1.00 bits per heavy atom. The van der Waals surface area contributed by atoms with Crippen molar-refractivity contribution < 1.29 is 359 Å². The van der Waals surface area contributed by atoms with Crippen LogP contribution in [-0.4, -0.2) is 0 Å². The molecule has 0 rings (SSSR count). The van der Waals surface area contributed by atoms with Crippen molar-refractivity contribution in [1.82, 2.24) is 0 Å². The predicted molar refractivity (Wildman–Crippen MR) is 0 cm³/mol. The molecule has 0 aliphatic heterocycles. The molecule has 0 heterocycles. The summed E-state index contributed by atoms with van der Waals surface area (Å²) in [6, 6.07) is 0. The van der Waals surface area contributed by atoms with Crippen molar-refractivity contribution in [3.05, 3.63) is 0 Å². The average molecular weight is 1430 g/mol. The molecular formula is DyErEuGdHoPmSmTbTm. The normalized spacial score (nSPS) is 0. The van der Waals surface area contributed by atoms with Gasteiger partial charge in [0.15, 0.2) is 0 Å². The number of hydrogen-bond acceptors (Lipinski definition) is 0. The van der Waals surface area contributed by atoms with Crippen LogP contribution >= 0.6 is 0 Å². The van der Waals surface area contributed by atoms with Gasteiger partial charge < -0.3 is 0 Å². The van der Waals surface area contributed by atoms with Crippen LogP contribution in [0.1, 0.15) is 0 Å². The Morgan fingerprint density at radius 3 is 1.00 bits per heavy atom. The first-order valence-electron chi connectivity index (χ1n) is 0. The first kappa shape index (κ1) is 58.5. The summed E-state index contributed by atoms with van der Waals surface area (Å²) in [5.74, 6) is 0. The van der Waals surface area contributed by atoms with Crippen LogP contribution in [0.15, 0.2) is 0 Å². The summed E-state index contributed by atoms with van der Waals surface area (Å²) in [6.45, 7) is 0. The molecular weight excluding hydrogens is 1430 g/mol. The average Bonchev–Trinajstić information content (AvgIpc) is 0. The van der Waals surface area contributed by atoms with E-state index in [1.165, 1.54) is 0 Å². The van der Waals surface area contributed by atoms with E-state index >= 15 is 0 Å². The second kappa shape index (κ2) is 50.2. The summed E-state index contributed by atoms with van der Waals surface area (Å²) in [7, 11) is 0. The minimum atomic E-state index is 0. The second-order valence-electron chi connectivity index (χ2n) is 0. The van der Waals surface area contributed by atoms with E-state index in [-0.39, 0.29) is 359 Å². The van der Waals surface area contributed by atoms with E-state index in [1.807, 2.05) is 0 Å². The molecule has 0 N–H and O–H groups in total.